The topological polar surface area (TPSA) is 79.8 Å². The highest BCUT2D eigenvalue weighted by atomic mass is 16.5. The van der Waals surface area contributed by atoms with Gasteiger partial charge >= 0.3 is 11.8 Å². The molecular weight excluding hydrogens is 378 g/mol. The van der Waals surface area contributed by atoms with E-state index in [0.29, 0.717) is 12.4 Å². The molecule has 3 aromatic carbocycles. The van der Waals surface area contributed by atoms with Gasteiger partial charge < -0.3 is 10.1 Å². The highest BCUT2D eigenvalue weighted by molar-refractivity contribution is 6.35. The SMILES string of the molecule is CCCOc1ccc2ccccc2c1/C=N\NC(=O)C(=O)NCc1ccc(C)cc1. The van der Waals surface area contributed by atoms with E-state index in [9.17, 15) is 9.59 Å². The normalized spacial score (nSPS) is 10.9. The van der Waals surface area contributed by atoms with Gasteiger partial charge in [0.2, 0.25) is 0 Å². The lowest BCUT2D eigenvalue weighted by atomic mass is 10.0. The molecule has 2 amide bonds. The molecule has 0 radical (unpaired) electrons. The van der Waals surface area contributed by atoms with Crippen molar-refractivity contribution in [1.29, 1.82) is 0 Å². The number of nitrogens with one attached hydrogen (secondary N) is 2. The molecule has 0 unspecified atom stereocenters. The van der Waals surface area contributed by atoms with Gasteiger partial charge in [-0.2, -0.15) is 5.10 Å². The summed E-state index contributed by atoms with van der Waals surface area (Å²) in [6.07, 6.45) is 2.39. The summed E-state index contributed by atoms with van der Waals surface area (Å²) in [5.41, 5.74) is 5.09. The molecule has 0 saturated heterocycles. The Kier molecular flexibility index (Phi) is 7.16. The maximum atomic E-state index is 12.1. The van der Waals surface area contributed by atoms with E-state index >= 15 is 0 Å². The summed E-state index contributed by atoms with van der Waals surface area (Å²) in [5, 5.41) is 8.55. The summed E-state index contributed by atoms with van der Waals surface area (Å²) in [7, 11) is 0. The molecule has 0 aliphatic heterocycles. The molecule has 0 aliphatic rings. The van der Waals surface area contributed by atoms with Crippen LogP contribution in [0.25, 0.3) is 10.8 Å². The van der Waals surface area contributed by atoms with Gasteiger partial charge in [-0.25, -0.2) is 5.43 Å². The third-order valence-corrected chi connectivity index (χ3v) is 4.53. The van der Waals surface area contributed by atoms with E-state index in [2.05, 4.69) is 15.8 Å². The number of amides is 2. The van der Waals surface area contributed by atoms with Crippen LogP contribution in [0.2, 0.25) is 0 Å². The molecule has 0 aromatic heterocycles. The van der Waals surface area contributed by atoms with Crippen LogP contribution < -0.4 is 15.5 Å². The van der Waals surface area contributed by atoms with Gasteiger partial charge in [-0.1, -0.05) is 67.1 Å². The predicted molar refractivity (Wildman–Crippen MR) is 118 cm³/mol. The first-order valence-corrected chi connectivity index (χ1v) is 9.90. The Morgan fingerprint density at radius 1 is 1.00 bits per heavy atom. The van der Waals surface area contributed by atoms with Crippen LogP contribution in [0.1, 0.15) is 30.0 Å². The Morgan fingerprint density at radius 3 is 2.53 bits per heavy atom. The molecule has 6 heteroatoms. The lowest BCUT2D eigenvalue weighted by Gasteiger charge is -2.11. The number of aryl methyl sites for hydroxylation is 1. The third kappa shape index (κ3) is 5.44. The zero-order chi connectivity index (χ0) is 21.3. The van der Waals surface area contributed by atoms with E-state index in [4.69, 9.17) is 4.74 Å². The minimum atomic E-state index is -0.824. The fourth-order valence-electron chi connectivity index (χ4n) is 2.92. The van der Waals surface area contributed by atoms with Crippen molar-refractivity contribution >= 4 is 28.8 Å². The number of fused-ring (bicyclic) bond motifs is 1. The Labute approximate surface area is 175 Å². The molecule has 0 spiro atoms. The summed E-state index contributed by atoms with van der Waals surface area (Å²) in [6.45, 7) is 4.87. The van der Waals surface area contributed by atoms with E-state index in [1.165, 1.54) is 6.21 Å². The minimum Gasteiger partial charge on any atom is -0.493 e. The quantitative estimate of drug-likeness (QED) is 0.359. The van der Waals surface area contributed by atoms with Crippen molar-refractivity contribution in [2.45, 2.75) is 26.8 Å². The van der Waals surface area contributed by atoms with Crippen LogP contribution in [0, 0.1) is 6.92 Å². The molecule has 0 heterocycles. The smallest absolute Gasteiger partial charge is 0.329 e. The van der Waals surface area contributed by atoms with Crippen molar-refractivity contribution in [3.63, 3.8) is 0 Å². The van der Waals surface area contributed by atoms with Crippen molar-refractivity contribution < 1.29 is 14.3 Å². The predicted octanol–water partition coefficient (Wildman–Crippen LogP) is 3.70. The van der Waals surface area contributed by atoms with E-state index in [0.717, 1.165) is 33.9 Å². The van der Waals surface area contributed by atoms with Gasteiger partial charge in [0.15, 0.2) is 0 Å². The number of hydrazone groups is 1. The zero-order valence-electron chi connectivity index (χ0n) is 17.1. The lowest BCUT2D eigenvalue weighted by Crippen LogP contribution is -2.37. The second-order valence-corrected chi connectivity index (χ2v) is 6.91. The van der Waals surface area contributed by atoms with E-state index in [-0.39, 0.29) is 6.54 Å². The van der Waals surface area contributed by atoms with Crippen molar-refractivity contribution in [2.24, 2.45) is 5.10 Å². The Hall–Kier alpha value is -3.67. The molecule has 2 N–H and O–H groups in total. The zero-order valence-corrected chi connectivity index (χ0v) is 17.1. The highest BCUT2D eigenvalue weighted by Crippen LogP contribution is 2.26. The van der Waals surface area contributed by atoms with Crippen LogP contribution in [-0.2, 0) is 16.1 Å². The summed E-state index contributed by atoms with van der Waals surface area (Å²) in [6, 6.07) is 19.4. The number of hydrogen-bond acceptors (Lipinski definition) is 4. The average molecular weight is 403 g/mol. The summed E-state index contributed by atoms with van der Waals surface area (Å²) < 4.78 is 5.81. The first kappa shape index (κ1) is 21.0. The Bertz CT molecular complexity index is 1060. The van der Waals surface area contributed by atoms with E-state index < -0.39 is 11.8 Å². The first-order valence-electron chi connectivity index (χ1n) is 9.90. The monoisotopic (exact) mass is 403 g/mol. The van der Waals surface area contributed by atoms with Gasteiger partial charge in [-0.15, -0.1) is 0 Å². The van der Waals surface area contributed by atoms with E-state index in [1.807, 2.05) is 74.5 Å². The number of rotatable bonds is 7. The Morgan fingerprint density at radius 2 is 1.77 bits per heavy atom. The van der Waals surface area contributed by atoms with Crippen LogP contribution >= 0.6 is 0 Å². The number of ether oxygens (including phenoxy) is 1. The number of nitrogens with zero attached hydrogens (tertiary/aromatic N) is 1. The second kappa shape index (κ2) is 10.2. The van der Waals surface area contributed by atoms with Gasteiger partial charge in [-0.3, -0.25) is 9.59 Å². The van der Waals surface area contributed by atoms with Gasteiger partial charge in [0.25, 0.3) is 0 Å². The molecule has 0 bridgehead atoms. The fraction of sp³-hybridized carbons (Fsp3) is 0.208. The molecule has 154 valence electrons. The number of carbonyl (C=O) groups excluding carboxylic acids is 2. The van der Waals surface area contributed by atoms with E-state index in [1.54, 1.807) is 0 Å². The van der Waals surface area contributed by atoms with Crippen molar-refractivity contribution in [1.82, 2.24) is 10.7 Å². The summed E-state index contributed by atoms with van der Waals surface area (Å²) in [5.74, 6) is -0.889. The van der Waals surface area contributed by atoms with Crippen molar-refractivity contribution in [2.75, 3.05) is 6.61 Å². The van der Waals surface area contributed by atoms with Gasteiger partial charge in [0, 0.05) is 12.1 Å². The van der Waals surface area contributed by atoms with Gasteiger partial charge in [0.1, 0.15) is 5.75 Å². The second-order valence-electron chi connectivity index (χ2n) is 6.91. The molecule has 3 aromatic rings. The van der Waals surface area contributed by atoms with Gasteiger partial charge in [0.05, 0.1) is 12.8 Å². The van der Waals surface area contributed by atoms with Crippen molar-refractivity contribution in [3.8, 4) is 5.75 Å². The lowest BCUT2D eigenvalue weighted by molar-refractivity contribution is -0.139. The van der Waals surface area contributed by atoms with Crippen molar-refractivity contribution in [3.05, 3.63) is 77.4 Å². The van der Waals surface area contributed by atoms with Crippen LogP contribution in [0.15, 0.2) is 65.8 Å². The third-order valence-electron chi connectivity index (χ3n) is 4.53. The highest BCUT2D eigenvalue weighted by Gasteiger charge is 2.12. The van der Waals surface area contributed by atoms with Gasteiger partial charge in [-0.05, 0) is 35.7 Å². The number of hydrogen-bond donors (Lipinski definition) is 2. The maximum absolute atomic E-state index is 12.1. The molecule has 0 saturated carbocycles. The molecule has 6 nitrogen and oxygen atoms in total. The Balaban J connectivity index is 1.66. The summed E-state index contributed by atoms with van der Waals surface area (Å²) >= 11 is 0. The standard InChI is InChI=1S/C24H25N3O3/c1-3-14-30-22-13-12-19-6-4-5-7-20(19)21(22)16-26-27-24(29)23(28)25-15-18-10-8-17(2)9-11-18/h4-13,16H,3,14-15H2,1-2H3,(H,25,28)(H,27,29)/b26-16-. The molecular formula is C24H25N3O3. The van der Waals surface area contributed by atoms with Crippen LogP contribution in [0.3, 0.4) is 0 Å². The maximum Gasteiger partial charge on any atom is 0.329 e. The molecule has 0 atom stereocenters. The first-order chi connectivity index (χ1) is 14.6. The number of benzene rings is 3. The summed E-state index contributed by atoms with van der Waals surface area (Å²) in [4.78, 5) is 24.1. The minimum absolute atomic E-state index is 0.272. The molecule has 0 fully saturated rings. The van der Waals surface area contributed by atoms with Crippen LogP contribution in [0.5, 0.6) is 5.75 Å². The fourth-order valence-corrected chi connectivity index (χ4v) is 2.92. The number of carbonyl (C=O) groups is 2. The van der Waals surface area contributed by atoms with Crippen LogP contribution in [-0.4, -0.2) is 24.6 Å². The molecule has 0 aliphatic carbocycles. The molecule has 30 heavy (non-hydrogen) atoms. The largest absolute Gasteiger partial charge is 0.493 e. The average Bonchev–Trinajstić information content (AvgIpc) is 2.77. The molecule has 3 rings (SSSR count). The van der Waals surface area contributed by atoms with Crippen LogP contribution in [0.4, 0.5) is 0 Å².